The molecule has 0 aliphatic rings. The maximum atomic E-state index is 10.1. The van der Waals surface area contributed by atoms with E-state index in [0.717, 1.165) is 4.80 Å². The molecule has 1 N–H and O–H groups in total. The predicted molar refractivity (Wildman–Crippen MR) is 34.9 cm³/mol. The van der Waals surface area contributed by atoms with Gasteiger partial charge in [-0.15, -0.1) is 10.2 Å². The first kappa shape index (κ1) is 8.31. The fraction of sp³-hybridized carbons (Fsp3) is 0.400. The van der Waals surface area contributed by atoms with Gasteiger partial charge in [-0.05, 0) is 5.21 Å². The number of hydrogen-bond donors (Lipinski definition) is 1. The summed E-state index contributed by atoms with van der Waals surface area (Å²) in [4.78, 5) is 21.0. The van der Waals surface area contributed by atoms with Crippen molar-refractivity contribution in [2.45, 2.75) is 13.0 Å². The van der Waals surface area contributed by atoms with Crippen LogP contribution in [0, 0.1) is 0 Å². The van der Waals surface area contributed by atoms with Gasteiger partial charge in [-0.25, -0.2) is 0 Å². The Morgan fingerprint density at radius 3 is 3.00 bits per heavy atom. The molecular weight excluding hydrogens is 164 g/mol. The van der Waals surface area contributed by atoms with Gasteiger partial charge in [-0.1, -0.05) is 0 Å². The van der Waals surface area contributed by atoms with Crippen molar-refractivity contribution < 1.29 is 14.7 Å². The lowest BCUT2D eigenvalue weighted by Crippen LogP contribution is -2.05. The number of rotatable bonds is 4. The Morgan fingerprint density at radius 2 is 2.42 bits per heavy atom. The second-order valence-electron chi connectivity index (χ2n) is 1.95. The highest BCUT2D eigenvalue weighted by atomic mass is 16.4. The van der Waals surface area contributed by atoms with Crippen LogP contribution in [0.2, 0.25) is 0 Å². The molecule has 0 aliphatic carbocycles. The zero-order chi connectivity index (χ0) is 8.97. The summed E-state index contributed by atoms with van der Waals surface area (Å²) in [5.74, 6) is -0.956. The lowest BCUT2D eigenvalue weighted by molar-refractivity contribution is -0.136. The van der Waals surface area contributed by atoms with Gasteiger partial charge in [0, 0.05) is 0 Å². The molecule has 1 heterocycles. The number of carboxylic acids is 1. The molecule has 0 aromatic carbocycles. The first-order chi connectivity index (χ1) is 5.72. The second-order valence-corrected chi connectivity index (χ2v) is 1.95. The van der Waals surface area contributed by atoms with Crippen molar-refractivity contribution in [3.8, 4) is 0 Å². The summed E-state index contributed by atoms with van der Waals surface area (Å²) in [6, 6.07) is 0. The maximum absolute atomic E-state index is 10.1. The molecular formula is C5H5N4O3. The number of carboxylic acid groups (broad SMARTS) is 1. The number of aliphatic carboxylic acids is 1. The first-order valence-corrected chi connectivity index (χ1v) is 3.06. The summed E-state index contributed by atoms with van der Waals surface area (Å²) in [5.41, 5.74) is 0. The smallest absolute Gasteiger partial charge is 0.311 e. The van der Waals surface area contributed by atoms with Crippen LogP contribution < -0.4 is 0 Å². The predicted octanol–water partition coefficient (Wildman–Crippen LogP) is -1.59. The lowest BCUT2D eigenvalue weighted by atomic mass is 10.4. The summed E-state index contributed by atoms with van der Waals surface area (Å²) in [6.45, 7) is -0.132. The van der Waals surface area contributed by atoms with Gasteiger partial charge in [0.25, 0.3) is 0 Å². The first-order valence-electron chi connectivity index (χ1n) is 3.06. The number of nitrogens with zero attached hydrogens (tertiary/aromatic N) is 4. The Morgan fingerprint density at radius 1 is 1.67 bits per heavy atom. The molecule has 0 saturated heterocycles. The lowest BCUT2D eigenvalue weighted by Gasteiger charge is -1.85. The molecule has 1 aromatic rings. The molecule has 0 aliphatic heterocycles. The fourth-order valence-corrected chi connectivity index (χ4v) is 0.607. The Hall–Kier alpha value is -1.79. The number of tetrazole rings is 1. The molecule has 0 saturated carbocycles. The van der Waals surface area contributed by atoms with Crippen LogP contribution in [-0.2, 0) is 22.6 Å². The number of carbonyl (C=O) groups excluding carboxylic acids is 1. The molecule has 7 heteroatoms. The van der Waals surface area contributed by atoms with E-state index in [4.69, 9.17) is 5.11 Å². The minimum atomic E-state index is -1.04. The van der Waals surface area contributed by atoms with Crippen molar-refractivity contribution in [1.82, 2.24) is 20.2 Å². The molecule has 0 unspecified atom stereocenters. The fourth-order valence-electron chi connectivity index (χ4n) is 0.607. The maximum Gasteiger partial charge on any atom is 0.311 e. The average Bonchev–Trinajstić information content (AvgIpc) is 2.36. The topological polar surface area (TPSA) is 98.0 Å². The van der Waals surface area contributed by atoms with Crippen LogP contribution in [0.4, 0.5) is 0 Å². The third-order valence-electron chi connectivity index (χ3n) is 1.01. The third kappa shape index (κ3) is 2.11. The summed E-state index contributed by atoms with van der Waals surface area (Å²) < 4.78 is 0. The monoisotopic (exact) mass is 169 g/mol. The zero-order valence-corrected chi connectivity index (χ0v) is 5.97. The Kier molecular flexibility index (Phi) is 2.46. The molecule has 0 amide bonds. The van der Waals surface area contributed by atoms with Gasteiger partial charge in [-0.3, -0.25) is 9.59 Å². The van der Waals surface area contributed by atoms with Gasteiger partial charge < -0.3 is 5.11 Å². The highest BCUT2D eigenvalue weighted by molar-refractivity contribution is 5.68. The van der Waals surface area contributed by atoms with Crippen molar-refractivity contribution in [2.24, 2.45) is 0 Å². The normalized spacial score (nSPS) is 9.67. The molecule has 0 spiro atoms. The SMILES string of the molecule is O=[C]Cn1nnc(CC(=O)O)n1. The minimum absolute atomic E-state index is 0.0813. The molecule has 63 valence electrons. The summed E-state index contributed by atoms with van der Waals surface area (Å²) >= 11 is 0. The van der Waals surface area contributed by atoms with Crippen LogP contribution in [-0.4, -0.2) is 37.6 Å². The summed E-state index contributed by atoms with van der Waals surface area (Å²) in [6.07, 6.45) is 1.26. The largest absolute Gasteiger partial charge is 0.481 e. The van der Waals surface area contributed by atoms with E-state index in [1.165, 1.54) is 0 Å². The van der Waals surface area contributed by atoms with Gasteiger partial charge in [0.15, 0.2) is 5.82 Å². The van der Waals surface area contributed by atoms with Crippen LogP contribution in [0.25, 0.3) is 0 Å². The molecule has 0 atom stereocenters. The van der Waals surface area contributed by atoms with E-state index in [1.54, 1.807) is 6.29 Å². The Bertz CT molecular complexity index is 295. The van der Waals surface area contributed by atoms with Crippen LogP contribution in [0.1, 0.15) is 5.82 Å². The Labute approximate surface area is 67.0 Å². The van der Waals surface area contributed by atoms with E-state index in [0.29, 0.717) is 0 Å². The van der Waals surface area contributed by atoms with E-state index in [9.17, 15) is 9.59 Å². The van der Waals surface area contributed by atoms with E-state index in [2.05, 4.69) is 15.4 Å². The molecule has 1 radical (unpaired) electrons. The highest BCUT2D eigenvalue weighted by Gasteiger charge is 2.06. The van der Waals surface area contributed by atoms with E-state index in [1.807, 2.05) is 0 Å². The van der Waals surface area contributed by atoms with Crippen molar-refractivity contribution in [2.75, 3.05) is 0 Å². The molecule has 1 aromatic heterocycles. The van der Waals surface area contributed by atoms with Crippen molar-refractivity contribution in [3.63, 3.8) is 0 Å². The van der Waals surface area contributed by atoms with Crippen molar-refractivity contribution in [1.29, 1.82) is 0 Å². The van der Waals surface area contributed by atoms with Crippen molar-refractivity contribution >= 4 is 12.3 Å². The second kappa shape index (κ2) is 3.56. The zero-order valence-electron chi connectivity index (χ0n) is 5.97. The van der Waals surface area contributed by atoms with Crippen LogP contribution in [0.5, 0.6) is 0 Å². The van der Waals surface area contributed by atoms with Crippen LogP contribution in [0.15, 0.2) is 0 Å². The standard InChI is InChI=1S/C5H5N4O3/c10-2-1-9-7-4(6-8-9)3-5(11)12/h1,3H2,(H,11,12). The van der Waals surface area contributed by atoms with Gasteiger partial charge in [-0.2, -0.15) is 4.80 Å². The average molecular weight is 169 g/mol. The molecule has 0 bridgehead atoms. The van der Waals surface area contributed by atoms with E-state index >= 15 is 0 Å². The number of aromatic nitrogens is 4. The molecule has 1 rings (SSSR count). The van der Waals surface area contributed by atoms with Crippen LogP contribution >= 0.6 is 0 Å². The van der Waals surface area contributed by atoms with E-state index in [-0.39, 0.29) is 18.8 Å². The quantitative estimate of drug-likeness (QED) is 0.583. The number of carbonyl (C=O) groups is 1. The minimum Gasteiger partial charge on any atom is -0.481 e. The molecule has 7 nitrogen and oxygen atoms in total. The van der Waals surface area contributed by atoms with Crippen molar-refractivity contribution in [3.05, 3.63) is 5.82 Å². The van der Waals surface area contributed by atoms with Gasteiger partial charge in [0.05, 0.1) is 0 Å². The summed E-state index contributed by atoms with van der Waals surface area (Å²) in [5, 5.41) is 18.7. The van der Waals surface area contributed by atoms with Gasteiger partial charge >= 0.3 is 5.97 Å². The third-order valence-corrected chi connectivity index (χ3v) is 1.01. The molecule has 0 fully saturated rings. The highest BCUT2D eigenvalue weighted by Crippen LogP contribution is 1.87. The van der Waals surface area contributed by atoms with Gasteiger partial charge in [0.2, 0.25) is 6.29 Å². The Balaban J connectivity index is 2.63. The number of hydrogen-bond acceptors (Lipinski definition) is 5. The van der Waals surface area contributed by atoms with Crippen LogP contribution in [0.3, 0.4) is 0 Å². The van der Waals surface area contributed by atoms with Gasteiger partial charge in [0.1, 0.15) is 13.0 Å². The molecule has 12 heavy (non-hydrogen) atoms. The van der Waals surface area contributed by atoms with E-state index < -0.39 is 5.97 Å². The summed E-state index contributed by atoms with van der Waals surface area (Å²) in [7, 11) is 0.